The van der Waals surface area contributed by atoms with Crippen molar-refractivity contribution in [2.75, 3.05) is 18.4 Å². The number of carbonyl (C=O) groups is 1. The topological polar surface area (TPSA) is 79.4 Å². The molecule has 1 aliphatic heterocycles. The lowest BCUT2D eigenvalue weighted by Gasteiger charge is -2.30. The summed E-state index contributed by atoms with van der Waals surface area (Å²) in [6.07, 6.45) is 5.10. The first kappa shape index (κ1) is 21.5. The minimum atomic E-state index is -3.57. The zero-order valence-electron chi connectivity index (χ0n) is 17.5. The van der Waals surface area contributed by atoms with E-state index in [0.717, 1.165) is 31.2 Å². The Bertz CT molecular complexity index is 1280. The average molecular weight is 474 g/mol. The molecule has 1 saturated heterocycles. The van der Waals surface area contributed by atoms with Crippen LogP contribution < -0.4 is 5.32 Å². The van der Waals surface area contributed by atoms with Gasteiger partial charge in [0.25, 0.3) is 0 Å². The minimum absolute atomic E-state index is 0.171. The predicted octanol–water partition coefficient (Wildman–Crippen LogP) is 4.35. The molecule has 2 heterocycles. The third kappa shape index (κ3) is 4.16. The molecule has 1 aliphatic carbocycles. The van der Waals surface area contributed by atoms with Crippen LogP contribution in [0.25, 0.3) is 10.2 Å². The number of piperidine rings is 1. The van der Waals surface area contributed by atoms with Crippen molar-refractivity contribution in [2.24, 2.45) is 5.92 Å². The van der Waals surface area contributed by atoms with Crippen molar-refractivity contribution in [3.05, 3.63) is 53.3 Å². The van der Waals surface area contributed by atoms with Crippen molar-refractivity contribution in [1.82, 2.24) is 9.29 Å². The third-order valence-electron chi connectivity index (χ3n) is 6.36. The molecule has 0 atom stereocenters. The Kier molecular flexibility index (Phi) is 5.73. The Hall–Kier alpha value is -2.36. The van der Waals surface area contributed by atoms with Gasteiger partial charge in [0.15, 0.2) is 5.13 Å². The maximum Gasteiger partial charge on any atom is 0.243 e. The lowest BCUT2D eigenvalue weighted by atomic mass is 9.92. The second-order valence-electron chi connectivity index (χ2n) is 8.44. The Labute approximate surface area is 190 Å². The Balaban J connectivity index is 1.23. The van der Waals surface area contributed by atoms with E-state index >= 15 is 0 Å². The van der Waals surface area contributed by atoms with Gasteiger partial charge < -0.3 is 5.32 Å². The molecule has 5 rings (SSSR count). The van der Waals surface area contributed by atoms with Crippen molar-refractivity contribution < 1.29 is 17.6 Å². The number of anilines is 1. The zero-order valence-corrected chi connectivity index (χ0v) is 19.1. The number of sulfonamides is 1. The quantitative estimate of drug-likeness (QED) is 0.611. The van der Waals surface area contributed by atoms with Crippen molar-refractivity contribution in [3.63, 3.8) is 0 Å². The number of hydrogen-bond donors (Lipinski definition) is 1. The molecule has 3 aromatic rings. The maximum absolute atomic E-state index is 13.4. The molecule has 0 bridgehead atoms. The highest BCUT2D eigenvalue weighted by molar-refractivity contribution is 7.89. The SMILES string of the molecule is O=C(Nc1nc2ccc(F)cc2s1)C1CCN(S(=O)(=O)c2ccc3c(c2)CCCC3)CC1. The van der Waals surface area contributed by atoms with Crippen LogP contribution in [0.3, 0.4) is 0 Å². The fourth-order valence-electron chi connectivity index (χ4n) is 4.54. The van der Waals surface area contributed by atoms with Crippen LogP contribution in [0.15, 0.2) is 41.3 Å². The number of nitrogens with one attached hydrogen (secondary N) is 1. The molecule has 1 aromatic heterocycles. The molecule has 168 valence electrons. The first-order chi connectivity index (χ1) is 15.4. The van der Waals surface area contributed by atoms with Crippen LogP contribution in [0.2, 0.25) is 0 Å². The number of rotatable bonds is 4. The second-order valence-corrected chi connectivity index (χ2v) is 11.4. The number of halogens is 1. The van der Waals surface area contributed by atoms with E-state index in [1.54, 1.807) is 12.1 Å². The van der Waals surface area contributed by atoms with Crippen molar-refractivity contribution in [3.8, 4) is 0 Å². The van der Waals surface area contributed by atoms with Crippen molar-refractivity contribution in [1.29, 1.82) is 0 Å². The minimum Gasteiger partial charge on any atom is -0.302 e. The summed E-state index contributed by atoms with van der Waals surface area (Å²) < 4.78 is 41.8. The monoisotopic (exact) mass is 473 g/mol. The fourth-order valence-corrected chi connectivity index (χ4v) is 6.95. The van der Waals surface area contributed by atoms with E-state index in [-0.39, 0.29) is 17.6 Å². The van der Waals surface area contributed by atoms with Gasteiger partial charge in [-0.25, -0.2) is 17.8 Å². The first-order valence-electron chi connectivity index (χ1n) is 10.9. The van der Waals surface area contributed by atoms with E-state index in [2.05, 4.69) is 10.3 Å². The molecule has 1 fully saturated rings. The molecule has 32 heavy (non-hydrogen) atoms. The third-order valence-corrected chi connectivity index (χ3v) is 9.19. The summed E-state index contributed by atoms with van der Waals surface area (Å²) in [5, 5.41) is 3.25. The highest BCUT2D eigenvalue weighted by Crippen LogP contribution is 2.30. The molecular formula is C23H24FN3O3S2. The number of thiazole rings is 1. The van der Waals surface area contributed by atoms with Crippen molar-refractivity contribution >= 4 is 42.6 Å². The molecular weight excluding hydrogens is 449 g/mol. The van der Waals surface area contributed by atoms with E-state index in [4.69, 9.17) is 0 Å². The summed E-state index contributed by atoms with van der Waals surface area (Å²) in [7, 11) is -3.57. The molecule has 0 saturated carbocycles. The number of fused-ring (bicyclic) bond motifs is 2. The standard InChI is InChI=1S/C23H24FN3O3S2/c24-18-6-8-20-21(14-18)31-23(25-20)26-22(28)16-9-11-27(12-10-16)32(29,30)19-7-5-15-3-1-2-4-17(15)13-19/h5-8,13-14,16H,1-4,9-12H2,(H,25,26,28). The van der Waals surface area contributed by atoms with Crippen LogP contribution in [-0.4, -0.2) is 36.7 Å². The summed E-state index contributed by atoms with van der Waals surface area (Å²) in [5.41, 5.74) is 3.03. The smallest absolute Gasteiger partial charge is 0.243 e. The molecule has 9 heteroatoms. The highest BCUT2D eigenvalue weighted by Gasteiger charge is 2.32. The van der Waals surface area contributed by atoms with Crippen LogP contribution >= 0.6 is 11.3 Å². The number of aryl methyl sites for hydroxylation is 2. The number of hydrogen-bond acceptors (Lipinski definition) is 5. The van der Waals surface area contributed by atoms with Crippen LogP contribution in [0.5, 0.6) is 0 Å². The van der Waals surface area contributed by atoms with E-state index < -0.39 is 10.0 Å². The van der Waals surface area contributed by atoms with Crippen LogP contribution in [0.4, 0.5) is 9.52 Å². The summed E-state index contributed by atoms with van der Waals surface area (Å²) in [6, 6.07) is 9.82. The summed E-state index contributed by atoms with van der Waals surface area (Å²) in [6.45, 7) is 0.616. The fraction of sp³-hybridized carbons (Fsp3) is 0.391. The number of nitrogens with zero attached hydrogens (tertiary/aromatic N) is 2. The van der Waals surface area contributed by atoms with Crippen LogP contribution in [-0.2, 0) is 27.7 Å². The summed E-state index contributed by atoms with van der Waals surface area (Å²) in [5.74, 6) is -0.796. The lowest BCUT2D eigenvalue weighted by molar-refractivity contribution is -0.120. The van der Waals surface area contributed by atoms with E-state index in [1.807, 2.05) is 12.1 Å². The number of aromatic nitrogens is 1. The Morgan fingerprint density at radius 3 is 2.59 bits per heavy atom. The molecule has 1 N–H and O–H groups in total. The van der Waals surface area contributed by atoms with Gasteiger partial charge in [0.1, 0.15) is 5.82 Å². The molecule has 2 aliphatic rings. The first-order valence-corrected chi connectivity index (χ1v) is 13.1. The Morgan fingerprint density at radius 1 is 1.06 bits per heavy atom. The second kappa shape index (κ2) is 8.53. The van der Waals surface area contributed by atoms with Gasteiger partial charge in [-0.15, -0.1) is 0 Å². The Morgan fingerprint density at radius 2 is 1.81 bits per heavy atom. The van der Waals surface area contributed by atoms with Crippen molar-refractivity contribution in [2.45, 2.75) is 43.4 Å². The van der Waals surface area contributed by atoms with Gasteiger partial charge in [-0.1, -0.05) is 17.4 Å². The molecule has 0 spiro atoms. The van der Waals surface area contributed by atoms with Gasteiger partial charge in [0, 0.05) is 19.0 Å². The van der Waals surface area contributed by atoms with E-state index in [1.165, 1.54) is 33.3 Å². The molecule has 0 unspecified atom stereocenters. The van der Waals surface area contributed by atoms with Gasteiger partial charge in [-0.3, -0.25) is 4.79 Å². The average Bonchev–Trinajstić information content (AvgIpc) is 3.20. The van der Waals surface area contributed by atoms with Gasteiger partial charge >= 0.3 is 0 Å². The lowest BCUT2D eigenvalue weighted by Crippen LogP contribution is -2.41. The van der Waals surface area contributed by atoms with E-state index in [0.29, 0.717) is 46.2 Å². The predicted molar refractivity (Wildman–Crippen MR) is 123 cm³/mol. The van der Waals surface area contributed by atoms with Crippen LogP contribution in [0.1, 0.15) is 36.8 Å². The number of carbonyl (C=O) groups excluding carboxylic acids is 1. The van der Waals surface area contributed by atoms with Crippen LogP contribution in [0, 0.1) is 11.7 Å². The largest absolute Gasteiger partial charge is 0.302 e. The zero-order chi connectivity index (χ0) is 22.3. The summed E-state index contributed by atoms with van der Waals surface area (Å²) in [4.78, 5) is 17.4. The molecule has 1 amide bonds. The van der Waals surface area contributed by atoms with Gasteiger partial charge in [-0.2, -0.15) is 4.31 Å². The normalized spacial score (nSPS) is 17.9. The van der Waals surface area contributed by atoms with Gasteiger partial charge in [-0.05, 0) is 80.0 Å². The van der Waals surface area contributed by atoms with Gasteiger partial charge in [0.2, 0.25) is 15.9 Å². The molecule has 2 aromatic carbocycles. The molecule has 0 radical (unpaired) electrons. The number of benzene rings is 2. The van der Waals surface area contributed by atoms with E-state index in [9.17, 15) is 17.6 Å². The van der Waals surface area contributed by atoms with Gasteiger partial charge in [0.05, 0.1) is 15.1 Å². The maximum atomic E-state index is 13.4. The summed E-state index contributed by atoms with van der Waals surface area (Å²) >= 11 is 1.23. The highest BCUT2D eigenvalue weighted by atomic mass is 32.2. The molecule has 6 nitrogen and oxygen atoms in total. The number of amides is 1.